The van der Waals surface area contributed by atoms with Gasteiger partial charge in [0.2, 0.25) is 0 Å². The van der Waals surface area contributed by atoms with Crippen LogP contribution in [0.2, 0.25) is 0 Å². The highest BCUT2D eigenvalue weighted by molar-refractivity contribution is 5.24. The maximum atomic E-state index is 13.4. The molecule has 0 aromatic heterocycles. The first kappa shape index (κ1) is 15.6. The molecule has 2 aromatic carbocycles. The summed E-state index contributed by atoms with van der Waals surface area (Å²) in [5.74, 6) is -1.58. The molecule has 2 rings (SSSR count). The minimum atomic E-state index is -0.799. The second kappa shape index (κ2) is 7.32. The topological polar surface area (TPSA) is 12.0 Å². The monoisotopic (exact) mass is 289 g/mol. The van der Waals surface area contributed by atoms with Crippen molar-refractivity contribution in [1.29, 1.82) is 0 Å². The van der Waals surface area contributed by atoms with Gasteiger partial charge in [0.15, 0.2) is 11.6 Å². The number of nitrogens with one attached hydrogen (secondary N) is 1. The SMILES string of the molecule is CCNC(CCc1ccc(C)cc1)c1ccc(F)c(F)c1. The predicted octanol–water partition coefficient (Wildman–Crippen LogP) is 4.56. The predicted molar refractivity (Wildman–Crippen MR) is 82.3 cm³/mol. The molecule has 1 atom stereocenters. The van der Waals surface area contributed by atoms with Crippen LogP contribution in [0, 0.1) is 18.6 Å². The highest BCUT2D eigenvalue weighted by Crippen LogP contribution is 2.21. The van der Waals surface area contributed by atoms with Gasteiger partial charge in [0.1, 0.15) is 0 Å². The van der Waals surface area contributed by atoms with Crippen molar-refractivity contribution in [2.24, 2.45) is 0 Å². The standard InChI is InChI=1S/C18H21F2N/c1-3-21-18(15-9-10-16(19)17(20)12-15)11-8-14-6-4-13(2)5-7-14/h4-7,9-10,12,18,21H,3,8,11H2,1-2H3. The summed E-state index contributed by atoms with van der Waals surface area (Å²) in [5, 5.41) is 3.34. The quantitative estimate of drug-likeness (QED) is 0.822. The van der Waals surface area contributed by atoms with E-state index in [9.17, 15) is 8.78 Å². The van der Waals surface area contributed by atoms with E-state index < -0.39 is 11.6 Å². The Kier molecular flexibility index (Phi) is 5.45. The molecule has 0 aliphatic carbocycles. The van der Waals surface area contributed by atoms with E-state index in [1.54, 1.807) is 6.07 Å². The molecule has 0 aliphatic rings. The van der Waals surface area contributed by atoms with Crippen LogP contribution in [0.3, 0.4) is 0 Å². The van der Waals surface area contributed by atoms with E-state index >= 15 is 0 Å². The van der Waals surface area contributed by atoms with Crippen LogP contribution in [0.5, 0.6) is 0 Å². The molecule has 21 heavy (non-hydrogen) atoms. The van der Waals surface area contributed by atoms with Gasteiger partial charge in [0.05, 0.1) is 0 Å². The molecule has 0 amide bonds. The molecule has 0 radical (unpaired) electrons. The number of aryl methyl sites for hydroxylation is 2. The molecule has 0 fully saturated rings. The van der Waals surface area contributed by atoms with E-state index in [2.05, 4.69) is 36.5 Å². The second-order valence-corrected chi connectivity index (χ2v) is 5.31. The molecule has 1 nitrogen and oxygen atoms in total. The van der Waals surface area contributed by atoms with Gasteiger partial charge < -0.3 is 5.32 Å². The molecule has 0 saturated heterocycles. The van der Waals surface area contributed by atoms with Gasteiger partial charge >= 0.3 is 0 Å². The number of rotatable bonds is 6. The Labute approximate surface area is 125 Å². The highest BCUT2D eigenvalue weighted by Gasteiger charge is 2.13. The maximum absolute atomic E-state index is 13.4. The number of halogens is 2. The fraction of sp³-hybridized carbons (Fsp3) is 0.333. The summed E-state index contributed by atoms with van der Waals surface area (Å²) in [4.78, 5) is 0. The van der Waals surface area contributed by atoms with Gasteiger partial charge in [-0.25, -0.2) is 8.78 Å². The summed E-state index contributed by atoms with van der Waals surface area (Å²) in [5.41, 5.74) is 3.29. The van der Waals surface area contributed by atoms with Crippen molar-refractivity contribution < 1.29 is 8.78 Å². The molecule has 1 N–H and O–H groups in total. The van der Waals surface area contributed by atoms with E-state index in [4.69, 9.17) is 0 Å². The first-order chi connectivity index (χ1) is 10.1. The number of hydrogen-bond donors (Lipinski definition) is 1. The van der Waals surface area contributed by atoms with Crippen molar-refractivity contribution >= 4 is 0 Å². The van der Waals surface area contributed by atoms with Crippen LogP contribution in [0.25, 0.3) is 0 Å². The normalized spacial score (nSPS) is 12.4. The Hall–Kier alpha value is -1.74. The Bertz CT molecular complexity index is 578. The maximum Gasteiger partial charge on any atom is 0.159 e. The average Bonchev–Trinajstić information content (AvgIpc) is 2.48. The molecule has 1 unspecified atom stereocenters. The lowest BCUT2D eigenvalue weighted by molar-refractivity contribution is 0.488. The lowest BCUT2D eigenvalue weighted by Gasteiger charge is -2.18. The van der Waals surface area contributed by atoms with Crippen molar-refractivity contribution in [3.63, 3.8) is 0 Å². The third kappa shape index (κ3) is 4.36. The average molecular weight is 289 g/mol. The molecular formula is C18H21F2N. The highest BCUT2D eigenvalue weighted by atomic mass is 19.2. The molecule has 0 heterocycles. The first-order valence-electron chi connectivity index (χ1n) is 7.34. The van der Waals surface area contributed by atoms with Gasteiger partial charge in [0, 0.05) is 6.04 Å². The van der Waals surface area contributed by atoms with Crippen LogP contribution < -0.4 is 5.32 Å². The van der Waals surface area contributed by atoms with Crippen molar-refractivity contribution in [3.8, 4) is 0 Å². The van der Waals surface area contributed by atoms with Gasteiger partial charge in [-0.15, -0.1) is 0 Å². The van der Waals surface area contributed by atoms with Gasteiger partial charge in [-0.1, -0.05) is 42.8 Å². The third-order valence-corrected chi connectivity index (χ3v) is 3.64. The fourth-order valence-electron chi connectivity index (χ4n) is 2.43. The zero-order chi connectivity index (χ0) is 15.2. The van der Waals surface area contributed by atoms with Crippen molar-refractivity contribution in [1.82, 2.24) is 5.32 Å². The molecular weight excluding hydrogens is 268 g/mol. The van der Waals surface area contributed by atoms with Crippen LogP contribution >= 0.6 is 0 Å². The summed E-state index contributed by atoms with van der Waals surface area (Å²) < 4.78 is 26.4. The van der Waals surface area contributed by atoms with Gasteiger partial charge in [-0.2, -0.15) is 0 Å². The number of benzene rings is 2. The van der Waals surface area contributed by atoms with Crippen molar-refractivity contribution in [2.75, 3.05) is 6.54 Å². The lowest BCUT2D eigenvalue weighted by atomic mass is 9.98. The van der Waals surface area contributed by atoms with Crippen LogP contribution in [0.1, 0.15) is 36.1 Å². The third-order valence-electron chi connectivity index (χ3n) is 3.64. The molecule has 0 bridgehead atoms. The van der Waals surface area contributed by atoms with Gasteiger partial charge in [-0.3, -0.25) is 0 Å². The second-order valence-electron chi connectivity index (χ2n) is 5.31. The minimum Gasteiger partial charge on any atom is -0.310 e. The Balaban J connectivity index is 2.07. The Morgan fingerprint density at radius 2 is 1.71 bits per heavy atom. The molecule has 0 spiro atoms. The minimum absolute atomic E-state index is 0.0337. The zero-order valence-electron chi connectivity index (χ0n) is 12.5. The Morgan fingerprint density at radius 1 is 1.00 bits per heavy atom. The summed E-state index contributed by atoms with van der Waals surface area (Å²) in [6.45, 7) is 4.86. The van der Waals surface area contributed by atoms with Crippen LogP contribution in [0.4, 0.5) is 8.78 Å². The van der Waals surface area contributed by atoms with Gasteiger partial charge in [-0.05, 0) is 49.6 Å². The fourth-order valence-corrected chi connectivity index (χ4v) is 2.43. The Morgan fingerprint density at radius 3 is 2.33 bits per heavy atom. The molecule has 3 heteroatoms. The first-order valence-corrected chi connectivity index (χ1v) is 7.34. The molecule has 0 saturated carbocycles. The molecule has 0 aliphatic heterocycles. The lowest BCUT2D eigenvalue weighted by Crippen LogP contribution is -2.21. The molecule has 112 valence electrons. The van der Waals surface area contributed by atoms with Crippen molar-refractivity contribution in [2.45, 2.75) is 32.7 Å². The molecule has 2 aromatic rings. The van der Waals surface area contributed by atoms with E-state index in [0.29, 0.717) is 0 Å². The van der Waals surface area contributed by atoms with E-state index in [1.165, 1.54) is 23.3 Å². The van der Waals surface area contributed by atoms with E-state index in [-0.39, 0.29) is 6.04 Å². The summed E-state index contributed by atoms with van der Waals surface area (Å²) in [7, 11) is 0. The summed E-state index contributed by atoms with van der Waals surface area (Å²) in [6.07, 6.45) is 1.75. The van der Waals surface area contributed by atoms with E-state index in [0.717, 1.165) is 24.9 Å². The van der Waals surface area contributed by atoms with Crippen molar-refractivity contribution in [3.05, 3.63) is 70.8 Å². The van der Waals surface area contributed by atoms with Crippen LogP contribution in [-0.2, 0) is 6.42 Å². The largest absolute Gasteiger partial charge is 0.310 e. The summed E-state index contributed by atoms with van der Waals surface area (Å²) in [6, 6.07) is 12.6. The van der Waals surface area contributed by atoms with Gasteiger partial charge in [0.25, 0.3) is 0 Å². The summed E-state index contributed by atoms with van der Waals surface area (Å²) >= 11 is 0. The zero-order valence-corrected chi connectivity index (χ0v) is 12.5. The number of hydrogen-bond acceptors (Lipinski definition) is 1. The smallest absolute Gasteiger partial charge is 0.159 e. The van der Waals surface area contributed by atoms with Crippen LogP contribution in [-0.4, -0.2) is 6.54 Å². The van der Waals surface area contributed by atoms with E-state index in [1.807, 2.05) is 6.92 Å². The van der Waals surface area contributed by atoms with Crippen LogP contribution in [0.15, 0.2) is 42.5 Å².